The van der Waals surface area contributed by atoms with Gasteiger partial charge in [0.25, 0.3) is 0 Å². The van der Waals surface area contributed by atoms with E-state index in [1.807, 2.05) is 49.4 Å². The highest BCUT2D eigenvalue weighted by atomic mass is 35.5. The highest BCUT2D eigenvalue weighted by Crippen LogP contribution is 2.19. The van der Waals surface area contributed by atoms with E-state index in [0.717, 1.165) is 16.8 Å². The maximum atomic E-state index is 6.07. The molecule has 0 heterocycles. The maximum Gasteiger partial charge on any atom is 0.171 e. The third-order valence-corrected chi connectivity index (χ3v) is 3.66. The molecule has 2 rings (SSSR count). The Balaban J connectivity index is 1.91. The monoisotopic (exact) mass is 324 g/mol. The molecule has 5 heteroatoms. The largest absolute Gasteiger partial charge is 0.358 e. The van der Waals surface area contributed by atoms with Crippen molar-refractivity contribution in [1.82, 2.24) is 5.32 Å². The van der Waals surface area contributed by atoms with Gasteiger partial charge in [-0.15, -0.1) is 0 Å². The zero-order valence-electron chi connectivity index (χ0n) is 10.9. The quantitative estimate of drug-likeness (QED) is 0.794. The SMILES string of the molecule is Cc1ccc(NC(=S)NCc2cccc(Cl)c2)cc1Cl. The standard InChI is InChI=1S/C15H14Cl2N2S/c1-10-5-6-13(8-14(10)17)19-15(20)18-9-11-3-2-4-12(16)7-11/h2-8H,9H2,1H3,(H2,18,19,20). The Hall–Kier alpha value is -1.29. The maximum absolute atomic E-state index is 6.07. The number of hydrogen-bond donors (Lipinski definition) is 2. The lowest BCUT2D eigenvalue weighted by Gasteiger charge is -2.11. The summed E-state index contributed by atoms with van der Waals surface area (Å²) in [5, 5.41) is 8.20. The molecule has 0 bridgehead atoms. The van der Waals surface area contributed by atoms with Gasteiger partial charge in [-0.2, -0.15) is 0 Å². The number of hydrogen-bond acceptors (Lipinski definition) is 1. The zero-order chi connectivity index (χ0) is 14.5. The Morgan fingerprint density at radius 1 is 1.15 bits per heavy atom. The average Bonchev–Trinajstić information content (AvgIpc) is 2.41. The van der Waals surface area contributed by atoms with Gasteiger partial charge in [-0.05, 0) is 54.5 Å². The third kappa shape index (κ3) is 4.37. The summed E-state index contributed by atoms with van der Waals surface area (Å²) in [5.74, 6) is 0. The van der Waals surface area contributed by atoms with Crippen molar-refractivity contribution in [3.05, 3.63) is 63.6 Å². The van der Waals surface area contributed by atoms with Gasteiger partial charge in [0.05, 0.1) is 0 Å². The molecule has 0 saturated heterocycles. The fourth-order valence-electron chi connectivity index (χ4n) is 1.68. The van der Waals surface area contributed by atoms with Crippen molar-refractivity contribution in [2.24, 2.45) is 0 Å². The number of anilines is 1. The summed E-state index contributed by atoms with van der Waals surface area (Å²) in [4.78, 5) is 0. The Morgan fingerprint density at radius 3 is 2.65 bits per heavy atom. The molecular formula is C15H14Cl2N2S. The van der Waals surface area contributed by atoms with E-state index in [9.17, 15) is 0 Å². The highest BCUT2D eigenvalue weighted by molar-refractivity contribution is 7.80. The minimum absolute atomic E-state index is 0.546. The molecule has 2 N–H and O–H groups in total. The first kappa shape index (κ1) is 15.1. The van der Waals surface area contributed by atoms with E-state index < -0.39 is 0 Å². The fourth-order valence-corrected chi connectivity index (χ4v) is 2.26. The molecule has 0 fully saturated rings. The molecule has 2 nitrogen and oxygen atoms in total. The normalized spacial score (nSPS) is 10.2. The van der Waals surface area contributed by atoms with Gasteiger partial charge in [-0.3, -0.25) is 0 Å². The van der Waals surface area contributed by atoms with Crippen LogP contribution in [0.2, 0.25) is 10.0 Å². The molecule has 0 aromatic heterocycles. The van der Waals surface area contributed by atoms with Crippen molar-refractivity contribution in [3.8, 4) is 0 Å². The van der Waals surface area contributed by atoms with Crippen LogP contribution in [0.3, 0.4) is 0 Å². The van der Waals surface area contributed by atoms with Crippen molar-refractivity contribution in [1.29, 1.82) is 0 Å². The van der Waals surface area contributed by atoms with E-state index in [2.05, 4.69) is 10.6 Å². The van der Waals surface area contributed by atoms with Gasteiger partial charge in [0.15, 0.2) is 5.11 Å². The van der Waals surface area contributed by atoms with Gasteiger partial charge in [0.1, 0.15) is 0 Å². The van der Waals surface area contributed by atoms with Gasteiger partial charge in [0.2, 0.25) is 0 Å². The van der Waals surface area contributed by atoms with Gasteiger partial charge in [-0.25, -0.2) is 0 Å². The second-order valence-corrected chi connectivity index (χ2v) is 5.65. The van der Waals surface area contributed by atoms with Crippen molar-refractivity contribution in [3.63, 3.8) is 0 Å². The Morgan fingerprint density at radius 2 is 1.95 bits per heavy atom. The van der Waals surface area contributed by atoms with Crippen LogP contribution < -0.4 is 10.6 Å². The van der Waals surface area contributed by atoms with E-state index in [4.69, 9.17) is 35.4 Å². The lowest BCUT2D eigenvalue weighted by molar-refractivity contribution is 0.926. The molecule has 0 spiro atoms. The van der Waals surface area contributed by atoms with E-state index in [1.54, 1.807) is 0 Å². The minimum Gasteiger partial charge on any atom is -0.358 e. The summed E-state index contributed by atoms with van der Waals surface area (Å²) in [5.41, 5.74) is 2.97. The first-order valence-corrected chi connectivity index (χ1v) is 7.26. The Bertz CT molecular complexity index is 629. The summed E-state index contributed by atoms with van der Waals surface area (Å²) in [6, 6.07) is 13.4. The molecule has 2 aromatic carbocycles. The number of aryl methyl sites for hydroxylation is 1. The lowest BCUT2D eigenvalue weighted by atomic mass is 10.2. The van der Waals surface area contributed by atoms with Crippen LogP contribution in [0.25, 0.3) is 0 Å². The van der Waals surface area contributed by atoms with Crippen LogP contribution in [0.1, 0.15) is 11.1 Å². The molecule has 0 aliphatic rings. The number of halogens is 2. The number of thiocarbonyl (C=S) groups is 1. The van der Waals surface area contributed by atoms with Crippen LogP contribution >= 0.6 is 35.4 Å². The van der Waals surface area contributed by atoms with Crippen LogP contribution in [0.5, 0.6) is 0 Å². The van der Waals surface area contributed by atoms with E-state index in [-0.39, 0.29) is 0 Å². The molecule has 0 atom stereocenters. The van der Waals surface area contributed by atoms with Gasteiger partial charge >= 0.3 is 0 Å². The van der Waals surface area contributed by atoms with Crippen LogP contribution in [-0.2, 0) is 6.54 Å². The number of nitrogens with one attached hydrogen (secondary N) is 2. The molecule has 0 amide bonds. The second kappa shape index (κ2) is 6.93. The van der Waals surface area contributed by atoms with E-state index in [0.29, 0.717) is 21.7 Å². The molecule has 2 aromatic rings. The third-order valence-electron chi connectivity index (χ3n) is 2.77. The second-order valence-electron chi connectivity index (χ2n) is 4.40. The summed E-state index contributed by atoms with van der Waals surface area (Å²) in [7, 11) is 0. The van der Waals surface area contributed by atoms with Crippen molar-refractivity contribution < 1.29 is 0 Å². The van der Waals surface area contributed by atoms with Crippen LogP contribution in [0.4, 0.5) is 5.69 Å². The first-order chi connectivity index (χ1) is 9.54. The molecule has 104 valence electrons. The summed E-state index contributed by atoms with van der Waals surface area (Å²) < 4.78 is 0. The highest BCUT2D eigenvalue weighted by Gasteiger charge is 2.01. The summed E-state index contributed by atoms with van der Waals surface area (Å²) >= 11 is 17.2. The summed E-state index contributed by atoms with van der Waals surface area (Å²) in [6.07, 6.45) is 0. The average molecular weight is 325 g/mol. The minimum atomic E-state index is 0.546. The smallest absolute Gasteiger partial charge is 0.171 e. The Labute approximate surface area is 134 Å². The molecule has 0 unspecified atom stereocenters. The predicted octanol–water partition coefficient (Wildman–Crippen LogP) is 4.79. The molecule has 20 heavy (non-hydrogen) atoms. The van der Waals surface area contributed by atoms with Crippen LogP contribution in [0, 0.1) is 6.92 Å². The van der Waals surface area contributed by atoms with Gasteiger partial charge in [0, 0.05) is 22.3 Å². The van der Waals surface area contributed by atoms with Gasteiger partial charge in [-0.1, -0.05) is 41.4 Å². The number of benzene rings is 2. The first-order valence-electron chi connectivity index (χ1n) is 6.10. The van der Waals surface area contributed by atoms with Crippen molar-refractivity contribution >= 4 is 46.2 Å². The van der Waals surface area contributed by atoms with Gasteiger partial charge < -0.3 is 10.6 Å². The molecule has 0 aliphatic heterocycles. The van der Waals surface area contributed by atoms with E-state index in [1.165, 1.54) is 0 Å². The van der Waals surface area contributed by atoms with Crippen molar-refractivity contribution in [2.75, 3.05) is 5.32 Å². The topological polar surface area (TPSA) is 24.1 Å². The molecule has 0 radical (unpaired) electrons. The molecular weight excluding hydrogens is 311 g/mol. The Kier molecular flexibility index (Phi) is 5.24. The predicted molar refractivity (Wildman–Crippen MR) is 90.7 cm³/mol. The zero-order valence-corrected chi connectivity index (χ0v) is 13.2. The van der Waals surface area contributed by atoms with Crippen LogP contribution in [0.15, 0.2) is 42.5 Å². The lowest BCUT2D eigenvalue weighted by Crippen LogP contribution is -2.27. The summed E-state index contributed by atoms with van der Waals surface area (Å²) in [6.45, 7) is 2.58. The molecule has 0 saturated carbocycles. The van der Waals surface area contributed by atoms with Crippen LogP contribution in [-0.4, -0.2) is 5.11 Å². The van der Waals surface area contributed by atoms with E-state index >= 15 is 0 Å². The van der Waals surface area contributed by atoms with Crippen molar-refractivity contribution in [2.45, 2.75) is 13.5 Å². The fraction of sp³-hybridized carbons (Fsp3) is 0.133. The number of rotatable bonds is 3. The molecule has 0 aliphatic carbocycles.